The fourth-order valence-electron chi connectivity index (χ4n) is 2.62. The molecule has 9 heteroatoms. The number of nitrogens with zero attached hydrogens (tertiary/aromatic N) is 1. The first kappa shape index (κ1) is 20.9. The Morgan fingerprint density at radius 1 is 1.21 bits per heavy atom. The predicted molar refractivity (Wildman–Crippen MR) is 112 cm³/mol. The van der Waals surface area contributed by atoms with E-state index in [1.807, 2.05) is 24.3 Å². The molecule has 0 spiro atoms. The lowest BCUT2D eigenvalue weighted by Gasteiger charge is -2.13. The maximum absolute atomic E-state index is 12.7. The van der Waals surface area contributed by atoms with Crippen molar-refractivity contribution < 1.29 is 29.0 Å². The lowest BCUT2D eigenvalue weighted by Crippen LogP contribution is -2.27. The Hall–Kier alpha value is -2.78. The van der Waals surface area contributed by atoms with Gasteiger partial charge in [0.25, 0.3) is 11.1 Å². The van der Waals surface area contributed by atoms with E-state index in [1.165, 1.54) is 12.0 Å². The molecule has 0 saturated carbocycles. The summed E-state index contributed by atoms with van der Waals surface area (Å²) in [5.74, 6) is -0.877. The van der Waals surface area contributed by atoms with E-state index in [-0.39, 0.29) is 23.4 Å². The minimum Gasteiger partial charge on any atom is -0.493 e. The van der Waals surface area contributed by atoms with Crippen molar-refractivity contribution in [2.75, 3.05) is 13.7 Å². The van der Waals surface area contributed by atoms with Crippen LogP contribution in [0.15, 0.2) is 51.8 Å². The summed E-state index contributed by atoms with van der Waals surface area (Å²) >= 11 is 4.29. The number of carbonyl (C=O) groups excluding carboxylic acids is 2. The molecule has 0 aromatic heterocycles. The van der Waals surface area contributed by atoms with Gasteiger partial charge in [0.1, 0.15) is 0 Å². The van der Waals surface area contributed by atoms with Crippen LogP contribution in [0.3, 0.4) is 0 Å². The van der Waals surface area contributed by atoms with Gasteiger partial charge in [-0.3, -0.25) is 14.5 Å². The lowest BCUT2D eigenvalue weighted by atomic mass is 10.1. The summed E-state index contributed by atoms with van der Waals surface area (Å²) in [4.78, 5) is 37.2. The number of thioether (sulfide) groups is 1. The molecule has 0 aliphatic carbocycles. The van der Waals surface area contributed by atoms with Crippen LogP contribution in [-0.4, -0.2) is 40.8 Å². The number of ether oxygens (including phenoxy) is 2. The Kier molecular flexibility index (Phi) is 6.60. The largest absolute Gasteiger partial charge is 0.493 e. The number of benzene rings is 2. The fourth-order valence-corrected chi connectivity index (χ4v) is 3.87. The number of halogens is 1. The number of aliphatic carboxylic acids is 1. The monoisotopic (exact) mass is 477 g/mol. The molecule has 1 N–H and O–H groups in total. The minimum absolute atomic E-state index is 0.175. The van der Waals surface area contributed by atoms with E-state index in [2.05, 4.69) is 15.9 Å². The summed E-state index contributed by atoms with van der Waals surface area (Å²) < 4.78 is 11.2. The molecule has 2 aromatic carbocycles. The molecule has 0 bridgehead atoms. The maximum atomic E-state index is 12.7. The van der Waals surface area contributed by atoms with Gasteiger partial charge < -0.3 is 14.6 Å². The topological polar surface area (TPSA) is 93.1 Å². The van der Waals surface area contributed by atoms with Crippen molar-refractivity contribution in [2.24, 2.45) is 0 Å². The summed E-state index contributed by atoms with van der Waals surface area (Å²) in [5.41, 5.74) is 1.45. The second-order valence-electron chi connectivity index (χ2n) is 5.95. The van der Waals surface area contributed by atoms with Gasteiger partial charge in [0.2, 0.25) is 0 Å². The van der Waals surface area contributed by atoms with E-state index in [4.69, 9.17) is 14.6 Å². The van der Waals surface area contributed by atoms with Crippen LogP contribution in [-0.2, 0) is 16.1 Å². The van der Waals surface area contributed by atoms with Crippen molar-refractivity contribution >= 4 is 50.9 Å². The normalized spacial score (nSPS) is 15.1. The number of hydrogen-bond acceptors (Lipinski definition) is 6. The second kappa shape index (κ2) is 9.15. The van der Waals surface area contributed by atoms with Crippen molar-refractivity contribution in [1.29, 1.82) is 0 Å². The number of amides is 2. The molecule has 1 saturated heterocycles. The third-order valence-electron chi connectivity index (χ3n) is 4.00. The summed E-state index contributed by atoms with van der Waals surface area (Å²) in [6, 6.07) is 12.2. The lowest BCUT2D eigenvalue weighted by molar-refractivity contribution is -0.139. The van der Waals surface area contributed by atoms with Crippen LogP contribution in [0.2, 0.25) is 0 Å². The zero-order valence-corrected chi connectivity index (χ0v) is 17.7. The van der Waals surface area contributed by atoms with Gasteiger partial charge in [-0.15, -0.1) is 0 Å². The number of rotatable bonds is 7. The molecule has 1 aliphatic heterocycles. The number of carboxylic acid groups (broad SMARTS) is 1. The quantitative estimate of drug-likeness (QED) is 0.598. The van der Waals surface area contributed by atoms with Crippen LogP contribution in [0.25, 0.3) is 6.08 Å². The molecule has 1 aliphatic rings. The highest BCUT2D eigenvalue weighted by Gasteiger charge is 2.35. The Balaban J connectivity index is 1.80. The molecule has 29 heavy (non-hydrogen) atoms. The smallest absolute Gasteiger partial charge is 0.341 e. The van der Waals surface area contributed by atoms with E-state index in [1.54, 1.807) is 24.3 Å². The molecule has 0 radical (unpaired) electrons. The zero-order valence-electron chi connectivity index (χ0n) is 15.3. The first-order valence-electron chi connectivity index (χ1n) is 8.40. The molecule has 0 unspecified atom stereocenters. The molecule has 3 rings (SSSR count). The highest BCUT2D eigenvalue weighted by molar-refractivity contribution is 9.10. The highest BCUT2D eigenvalue weighted by Crippen LogP contribution is 2.35. The molecule has 7 nitrogen and oxygen atoms in total. The van der Waals surface area contributed by atoms with Crippen LogP contribution in [0.1, 0.15) is 11.1 Å². The van der Waals surface area contributed by atoms with E-state index in [0.29, 0.717) is 16.2 Å². The van der Waals surface area contributed by atoms with Gasteiger partial charge >= 0.3 is 5.97 Å². The standard InChI is InChI=1S/C20H16BrNO6S/c1-27-16-8-12(6-7-15(16)28-11-18(23)24)9-17-19(25)22(20(26)29-17)10-13-4-2-3-5-14(13)21/h2-9H,10-11H2,1H3,(H,23,24)/b17-9+. The van der Waals surface area contributed by atoms with Gasteiger partial charge in [-0.2, -0.15) is 0 Å². The Morgan fingerprint density at radius 2 is 1.97 bits per heavy atom. The highest BCUT2D eigenvalue weighted by atomic mass is 79.9. The van der Waals surface area contributed by atoms with Gasteiger partial charge in [0.15, 0.2) is 18.1 Å². The first-order valence-corrected chi connectivity index (χ1v) is 10.0. The molecule has 1 heterocycles. The Labute approximate surface area is 179 Å². The number of carboxylic acids is 1. The van der Waals surface area contributed by atoms with Crippen LogP contribution in [0, 0.1) is 0 Å². The van der Waals surface area contributed by atoms with Crippen molar-refractivity contribution in [1.82, 2.24) is 4.90 Å². The molecule has 1 fully saturated rings. The van der Waals surface area contributed by atoms with Crippen molar-refractivity contribution in [3.05, 3.63) is 63.0 Å². The van der Waals surface area contributed by atoms with E-state index >= 15 is 0 Å². The predicted octanol–water partition coefficient (Wildman–Crippen LogP) is 4.16. The Morgan fingerprint density at radius 3 is 2.66 bits per heavy atom. The number of methoxy groups -OCH3 is 1. The second-order valence-corrected chi connectivity index (χ2v) is 7.80. The van der Waals surface area contributed by atoms with Crippen molar-refractivity contribution in [3.8, 4) is 11.5 Å². The molecule has 2 amide bonds. The molecular formula is C20H16BrNO6S. The van der Waals surface area contributed by atoms with Gasteiger partial charge in [-0.1, -0.05) is 40.2 Å². The third-order valence-corrected chi connectivity index (χ3v) is 5.68. The summed E-state index contributed by atoms with van der Waals surface area (Å²) in [6.07, 6.45) is 1.59. The van der Waals surface area contributed by atoms with Gasteiger partial charge in [0.05, 0.1) is 18.6 Å². The first-order chi connectivity index (χ1) is 13.9. The maximum Gasteiger partial charge on any atom is 0.341 e. The van der Waals surface area contributed by atoms with Crippen molar-refractivity contribution in [3.63, 3.8) is 0 Å². The Bertz CT molecular complexity index is 1010. The number of hydrogen-bond donors (Lipinski definition) is 1. The summed E-state index contributed by atoms with van der Waals surface area (Å²) in [5, 5.41) is 8.39. The average Bonchev–Trinajstić information content (AvgIpc) is 2.95. The van der Waals surface area contributed by atoms with Crippen LogP contribution < -0.4 is 9.47 Å². The third kappa shape index (κ3) is 4.99. The summed E-state index contributed by atoms with van der Waals surface area (Å²) in [6.45, 7) is -0.321. The average molecular weight is 478 g/mol. The van der Waals surface area contributed by atoms with Crippen molar-refractivity contribution in [2.45, 2.75) is 6.54 Å². The van der Waals surface area contributed by atoms with E-state index < -0.39 is 12.6 Å². The minimum atomic E-state index is -1.10. The van der Waals surface area contributed by atoms with Gasteiger partial charge in [-0.05, 0) is 47.2 Å². The molecule has 150 valence electrons. The summed E-state index contributed by atoms with van der Waals surface area (Å²) in [7, 11) is 1.43. The van der Waals surface area contributed by atoms with Crippen LogP contribution >= 0.6 is 27.7 Å². The number of imide groups is 1. The SMILES string of the molecule is COc1cc(/C=C2/SC(=O)N(Cc3ccccc3Br)C2=O)ccc1OCC(=O)O. The van der Waals surface area contributed by atoms with Crippen LogP contribution in [0.4, 0.5) is 4.79 Å². The number of carbonyl (C=O) groups is 3. The van der Waals surface area contributed by atoms with E-state index in [0.717, 1.165) is 21.8 Å². The van der Waals surface area contributed by atoms with Gasteiger partial charge in [-0.25, -0.2) is 4.79 Å². The van der Waals surface area contributed by atoms with Gasteiger partial charge in [0, 0.05) is 4.47 Å². The zero-order chi connectivity index (χ0) is 21.0. The molecule has 0 atom stereocenters. The molecule has 2 aromatic rings. The van der Waals surface area contributed by atoms with E-state index in [9.17, 15) is 14.4 Å². The fraction of sp³-hybridized carbons (Fsp3) is 0.150. The molecular weight excluding hydrogens is 462 g/mol. The van der Waals surface area contributed by atoms with Crippen LogP contribution in [0.5, 0.6) is 11.5 Å².